The molecule has 0 aliphatic carbocycles. The van der Waals surface area contributed by atoms with Crippen LogP contribution in [0.25, 0.3) is 0 Å². The third kappa shape index (κ3) is 1.91. The predicted octanol–water partition coefficient (Wildman–Crippen LogP) is -0.286. The average molecular weight is 148 g/mol. The van der Waals surface area contributed by atoms with Crippen LogP contribution >= 0.6 is 0 Å². The first-order valence-corrected chi connectivity index (χ1v) is 3.36. The van der Waals surface area contributed by atoms with Gasteiger partial charge in [-0.2, -0.15) is 0 Å². The lowest BCUT2D eigenvalue weighted by molar-refractivity contribution is -0.236. The monoisotopic (exact) mass is 148 g/mol. The van der Waals surface area contributed by atoms with Gasteiger partial charge in [0.1, 0.15) is 6.10 Å². The largest absolute Gasteiger partial charge is 0.394 e. The van der Waals surface area contributed by atoms with Crippen LogP contribution in [-0.4, -0.2) is 37.5 Å². The fourth-order valence-corrected chi connectivity index (χ4v) is 0.741. The first-order valence-electron chi connectivity index (χ1n) is 3.36. The predicted molar refractivity (Wildman–Crippen MR) is 33.3 cm³/mol. The van der Waals surface area contributed by atoms with Gasteiger partial charge in [-0.05, 0) is 6.92 Å². The smallest absolute Gasteiger partial charge is 0.272 e. The molecule has 4 heteroatoms. The number of aliphatic hydroxyl groups excluding tert-OH is 1. The van der Waals surface area contributed by atoms with E-state index in [0.717, 1.165) is 0 Å². The molecular formula is C6H12O4. The molecule has 1 aliphatic heterocycles. The number of rotatable bonds is 3. The van der Waals surface area contributed by atoms with E-state index in [9.17, 15) is 0 Å². The van der Waals surface area contributed by atoms with Gasteiger partial charge in [0.2, 0.25) is 0 Å². The Hall–Kier alpha value is -0.160. The first-order chi connectivity index (χ1) is 4.86. The zero-order chi connectivity index (χ0) is 7.40. The molecule has 0 radical (unpaired) electrons. The summed E-state index contributed by atoms with van der Waals surface area (Å²) in [7, 11) is 0. The minimum atomic E-state index is -0.567. The van der Waals surface area contributed by atoms with Crippen LogP contribution in [0.1, 0.15) is 6.92 Å². The Labute approximate surface area is 59.7 Å². The van der Waals surface area contributed by atoms with E-state index in [-0.39, 0.29) is 12.7 Å². The highest BCUT2D eigenvalue weighted by atomic mass is 16.9. The molecule has 0 saturated carbocycles. The van der Waals surface area contributed by atoms with Crippen molar-refractivity contribution >= 4 is 0 Å². The van der Waals surface area contributed by atoms with Crippen LogP contribution < -0.4 is 0 Å². The third-order valence-corrected chi connectivity index (χ3v) is 1.23. The van der Waals surface area contributed by atoms with Crippen LogP contribution in [0.15, 0.2) is 0 Å². The molecule has 60 valence electrons. The SMILES string of the molecule is CCOC1OCC(CO)O1. The lowest BCUT2D eigenvalue weighted by Gasteiger charge is -2.08. The summed E-state index contributed by atoms with van der Waals surface area (Å²) in [6.45, 7) is 2.26. The molecule has 10 heavy (non-hydrogen) atoms. The van der Waals surface area contributed by atoms with E-state index in [1.807, 2.05) is 6.92 Å². The Morgan fingerprint density at radius 2 is 2.50 bits per heavy atom. The first kappa shape index (κ1) is 7.94. The topological polar surface area (TPSA) is 47.9 Å². The van der Waals surface area contributed by atoms with Gasteiger partial charge >= 0.3 is 0 Å². The van der Waals surface area contributed by atoms with Gasteiger partial charge in [-0.3, -0.25) is 0 Å². The van der Waals surface area contributed by atoms with E-state index >= 15 is 0 Å². The molecular weight excluding hydrogens is 136 g/mol. The van der Waals surface area contributed by atoms with Gasteiger partial charge < -0.3 is 19.3 Å². The Morgan fingerprint density at radius 3 is 3.00 bits per heavy atom. The van der Waals surface area contributed by atoms with E-state index in [1.54, 1.807) is 0 Å². The van der Waals surface area contributed by atoms with Crippen LogP contribution in [0.3, 0.4) is 0 Å². The van der Waals surface area contributed by atoms with Gasteiger partial charge in [-0.1, -0.05) is 0 Å². The summed E-state index contributed by atoms with van der Waals surface area (Å²) in [5.74, 6) is 0. The maximum absolute atomic E-state index is 8.59. The molecule has 1 N–H and O–H groups in total. The number of hydrogen-bond acceptors (Lipinski definition) is 4. The summed E-state index contributed by atoms with van der Waals surface area (Å²) >= 11 is 0. The number of aliphatic hydroxyl groups is 1. The van der Waals surface area contributed by atoms with Crippen LogP contribution in [-0.2, 0) is 14.2 Å². The molecule has 2 atom stereocenters. The highest BCUT2D eigenvalue weighted by Crippen LogP contribution is 2.11. The number of ether oxygens (including phenoxy) is 3. The Bertz CT molecular complexity index is 95.7. The highest BCUT2D eigenvalue weighted by molar-refractivity contribution is 4.58. The van der Waals surface area contributed by atoms with Crippen molar-refractivity contribution in [3.63, 3.8) is 0 Å². The average Bonchev–Trinajstić information content (AvgIpc) is 2.37. The normalized spacial score (nSPS) is 33.0. The van der Waals surface area contributed by atoms with E-state index in [2.05, 4.69) is 0 Å². The lowest BCUT2D eigenvalue weighted by Crippen LogP contribution is -2.17. The molecule has 0 spiro atoms. The second-order valence-electron chi connectivity index (χ2n) is 2.02. The standard InChI is InChI=1S/C6H12O4/c1-2-8-6-9-4-5(3-7)10-6/h5-7H,2-4H2,1H3. The van der Waals surface area contributed by atoms with Gasteiger partial charge in [0.15, 0.2) is 0 Å². The molecule has 0 aromatic heterocycles. The van der Waals surface area contributed by atoms with Gasteiger partial charge in [0.05, 0.1) is 13.2 Å². The molecule has 1 heterocycles. The van der Waals surface area contributed by atoms with Crippen LogP contribution in [0.2, 0.25) is 0 Å². The van der Waals surface area contributed by atoms with Crippen molar-refractivity contribution in [3.8, 4) is 0 Å². The van der Waals surface area contributed by atoms with Crippen molar-refractivity contribution < 1.29 is 19.3 Å². The molecule has 0 bridgehead atoms. The molecule has 1 rings (SSSR count). The Kier molecular flexibility index (Phi) is 3.08. The maximum atomic E-state index is 8.59. The number of hydrogen-bond donors (Lipinski definition) is 1. The third-order valence-electron chi connectivity index (χ3n) is 1.23. The minimum absolute atomic E-state index is 0.0103. The Balaban J connectivity index is 2.15. The second-order valence-corrected chi connectivity index (χ2v) is 2.02. The van der Waals surface area contributed by atoms with Gasteiger partial charge in [-0.15, -0.1) is 0 Å². The van der Waals surface area contributed by atoms with E-state index in [0.29, 0.717) is 13.2 Å². The van der Waals surface area contributed by atoms with E-state index in [4.69, 9.17) is 19.3 Å². The van der Waals surface area contributed by atoms with Crippen molar-refractivity contribution in [2.24, 2.45) is 0 Å². The summed E-state index contributed by atoms with van der Waals surface area (Å²) in [5.41, 5.74) is 0. The van der Waals surface area contributed by atoms with Crippen molar-refractivity contribution in [2.75, 3.05) is 19.8 Å². The van der Waals surface area contributed by atoms with Crippen LogP contribution in [0, 0.1) is 0 Å². The fraction of sp³-hybridized carbons (Fsp3) is 1.00. The minimum Gasteiger partial charge on any atom is -0.394 e. The lowest BCUT2D eigenvalue weighted by atomic mass is 10.4. The molecule has 0 aromatic carbocycles. The highest BCUT2D eigenvalue weighted by Gasteiger charge is 2.25. The molecule has 0 amide bonds. The second kappa shape index (κ2) is 3.88. The summed E-state index contributed by atoms with van der Waals surface area (Å²) in [5, 5.41) is 8.59. The van der Waals surface area contributed by atoms with Gasteiger partial charge in [-0.25, -0.2) is 0 Å². The molecule has 1 aliphatic rings. The van der Waals surface area contributed by atoms with Gasteiger partial charge in [0, 0.05) is 6.61 Å². The molecule has 0 aromatic rings. The Morgan fingerprint density at radius 1 is 1.70 bits per heavy atom. The molecule has 1 saturated heterocycles. The maximum Gasteiger partial charge on any atom is 0.272 e. The zero-order valence-corrected chi connectivity index (χ0v) is 5.95. The summed E-state index contributed by atoms with van der Waals surface area (Å²) in [6.07, 6.45) is -0.212. The van der Waals surface area contributed by atoms with Crippen LogP contribution in [0.5, 0.6) is 0 Å². The fourth-order valence-electron chi connectivity index (χ4n) is 0.741. The summed E-state index contributed by atoms with van der Waals surface area (Å²) in [6, 6.07) is 0. The molecule has 2 unspecified atom stereocenters. The molecule has 4 nitrogen and oxygen atoms in total. The summed E-state index contributed by atoms with van der Waals surface area (Å²) in [4.78, 5) is 0. The van der Waals surface area contributed by atoms with Crippen molar-refractivity contribution in [1.82, 2.24) is 0 Å². The van der Waals surface area contributed by atoms with Crippen molar-refractivity contribution in [1.29, 1.82) is 0 Å². The zero-order valence-electron chi connectivity index (χ0n) is 5.95. The van der Waals surface area contributed by atoms with E-state index in [1.165, 1.54) is 0 Å². The van der Waals surface area contributed by atoms with Crippen molar-refractivity contribution in [3.05, 3.63) is 0 Å². The molecule has 1 fully saturated rings. The van der Waals surface area contributed by atoms with Gasteiger partial charge in [0.25, 0.3) is 6.48 Å². The quantitative estimate of drug-likeness (QED) is 0.597. The van der Waals surface area contributed by atoms with E-state index < -0.39 is 6.48 Å². The van der Waals surface area contributed by atoms with Crippen LogP contribution in [0.4, 0.5) is 0 Å². The van der Waals surface area contributed by atoms with Crippen molar-refractivity contribution in [2.45, 2.75) is 19.5 Å². The summed E-state index contributed by atoms with van der Waals surface area (Å²) < 4.78 is 15.0.